The number of hydrogen-bond donors (Lipinski definition) is 9. The molecule has 0 amide bonds. The van der Waals surface area contributed by atoms with Gasteiger partial charge in [-0.25, -0.2) is 0 Å². The lowest BCUT2D eigenvalue weighted by Gasteiger charge is -2.71. The van der Waals surface area contributed by atoms with Gasteiger partial charge in [0.05, 0.1) is 37.6 Å². The van der Waals surface area contributed by atoms with E-state index in [0.717, 1.165) is 37.7 Å². The van der Waals surface area contributed by atoms with E-state index in [4.69, 9.17) is 18.9 Å². The lowest BCUT2D eigenvalue weighted by molar-refractivity contribution is -0.371. The van der Waals surface area contributed by atoms with Crippen LogP contribution in [0.1, 0.15) is 106 Å². The van der Waals surface area contributed by atoms with E-state index in [9.17, 15) is 46.0 Å². The van der Waals surface area contributed by atoms with E-state index in [1.807, 2.05) is 19.9 Å². The van der Waals surface area contributed by atoms with E-state index < -0.39 is 85.1 Å². The maximum atomic E-state index is 12.5. The van der Waals surface area contributed by atoms with Crippen molar-refractivity contribution in [2.24, 2.45) is 45.3 Å². The Labute approximate surface area is 320 Å². The molecule has 0 aromatic heterocycles. The van der Waals surface area contributed by atoms with E-state index >= 15 is 0 Å². The van der Waals surface area contributed by atoms with Gasteiger partial charge < -0.3 is 64.9 Å². The molecule has 4 aliphatic carbocycles. The fraction of sp³-hybridized carbons (Fsp3) is 0.951. The third-order valence-electron chi connectivity index (χ3n) is 16.5. The molecule has 2 heterocycles. The Morgan fingerprint density at radius 3 is 2.20 bits per heavy atom. The summed E-state index contributed by atoms with van der Waals surface area (Å²) in [4.78, 5) is 0. The highest BCUT2D eigenvalue weighted by atomic mass is 16.8. The summed E-state index contributed by atoms with van der Waals surface area (Å²) in [5.74, 6) is 0.670. The summed E-state index contributed by atoms with van der Waals surface area (Å²) in [5.41, 5.74) is -1.12. The predicted octanol–water partition coefficient (Wildman–Crippen LogP) is 1.76. The van der Waals surface area contributed by atoms with E-state index in [2.05, 4.69) is 34.6 Å². The Kier molecular flexibility index (Phi) is 12.2. The van der Waals surface area contributed by atoms with Gasteiger partial charge in [-0.3, -0.25) is 0 Å². The lowest BCUT2D eigenvalue weighted by atomic mass is 9.34. The second-order valence-electron chi connectivity index (χ2n) is 19.5. The van der Waals surface area contributed by atoms with Crippen molar-refractivity contribution in [1.29, 1.82) is 0 Å². The molecule has 19 atom stereocenters. The monoisotopic (exact) mass is 770 g/mol. The topological polar surface area (TPSA) is 219 Å². The number of rotatable bonds is 10. The molecular weight excluding hydrogens is 700 g/mol. The van der Waals surface area contributed by atoms with E-state index in [1.165, 1.54) is 0 Å². The number of aliphatic hydroxyl groups is 9. The highest BCUT2D eigenvalue weighted by Gasteiger charge is 2.72. The first-order valence-corrected chi connectivity index (χ1v) is 20.4. The molecule has 6 fully saturated rings. The number of ether oxygens (including phenoxy) is 4. The van der Waals surface area contributed by atoms with E-state index in [-0.39, 0.29) is 53.1 Å². The third-order valence-corrected chi connectivity index (χ3v) is 16.5. The molecule has 0 radical (unpaired) electrons. The van der Waals surface area contributed by atoms with Crippen LogP contribution in [0.3, 0.4) is 0 Å². The molecule has 6 aliphatic rings. The first-order valence-electron chi connectivity index (χ1n) is 20.4. The zero-order valence-electron chi connectivity index (χ0n) is 33.4. The van der Waals surface area contributed by atoms with Gasteiger partial charge in [0.2, 0.25) is 0 Å². The van der Waals surface area contributed by atoms with Crippen LogP contribution in [0.2, 0.25) is 0 Å². The SMILES string of the molecule is C/C(=C\CC[C@](C)(O)[C@H]1CC[C@]2(C)[C@@H]1CC[C@@H]1[C@@]3(C)CC[C@H](O[C@@H]4O[C@H](CO)[C@@H](O)[C@H](O)[C@H]4O[C@@H]4OC[C@H](O)[C@H](O)[C@H]4O)C(C)(C)[C@@H]3C[C@H](O)[C@]12C)CO. The number of fused-ring (bicyclic) bond motifs is 5. The summed E-state index contributed by atoms with van der Waals surface area (Å²) in [7, 11) is 0. The van der Waals surface area contributed by atoms with Crippen molar-refractivity contribution in [2.45, 2.75) is 179 Å². The Bertz CT molecular complexity index is 1340. The fourth-order valence-corrected chi connectivity index (χ4v) is 13.0. The number of aliphatic hydroxyl groups excluding tert-OH is 8. The highest BCUT2D eigenvalue weighted by Crippen LogP contribution is 2.76. The lowest BCUT2D eigenvalue weighted by Crippen LogP contribution is -2.69. The zero-order chi connectivity index (χ0) is 39.8. The van der Waals surface area contributed by atoms with Crippen molar-refractivity contribution in [2.75, 3.05) is 19.8 Å². The molecule has 312 valence electrons. The summed E-state index contributed by atoms with van der Waals surface area (Å²) in [6, 6.07) is 0. The van der Waals surface area contributed by atoms with Crippen LogP contribution in [0.15, 0.2) is 11.6 Å². The second-order valence-corrected chi connectivity index (χ2v) is 19.5. The molecule has 2 saturated heterocycles. The van der Waals surface area contributed by atoms with Crippen LogP contribution in [0.25, 0.3) is 0 Å². The molecule has 6 rings (SSSR count). The van der Waals surface area contributed by atoms with Gasteiger partial charge in [0, 0.05) is 5.41 Å². The van der Waals surface area contributed by atoms with Gasteiger partial charge in [-0.2, -0.15) is 0 Å². The quantitative estimate of drug-likeness (QED) is 0.114. The molecule has 0 bridgehead atoms. The van der Waals surface area contributed by atoms with Crippen molar-refractivity contribution in [3.8, 4) is 0 Å². The number of allylic oxidation sites excluding steroid dienone is 1. The number of hydrogen-bond acceptors (Lipinski definition) is 13. The van der Waals surface area contributed by atoms with Gasteiger partial charge in [0.1, 0.15) is 42.7 Å². The summed E-state index contributed by atoms with van der Waals surface area (Å²) in [6.07, 6.45) is -4.77. The van der Waals surface area contributed by atoms with Gasteiger partial charge in [0.15, 0.2) is 12.6 Å². The van der Waals surface area contributed by atoms with Crippen molar-refractivity contribution in [3.63, 3.8) is 0 Å². The van der Waals surface area contributed by atoms with Crippen LogP contribution in [-0.2, 0) is 18.9 Å². The van der Waals surface area contributed by atoms with Crippen LogP contribution in [0.4, 0.5) is 0 Å². The molecule has 13 heteroatoms. The molecule has 9 N–H and O–H groups in total. The third kappa shape index (κ3) is 6.86. The van der Waals surface area contributed by atoms with Crippen LogP contribution in [0, 0.1) is 45.3 Å². The Balaban J connectivity index is 1.22. The van der Waals surface area contributed by atoms with Crippen LogP contribution < -0.4 is 0 Å². The zero-order valence-corrected chi connectivity index (χ0v) is 33.4. The summed E-state index contributed by atoms with van der Waals surface area (Å²) in [6.45, 7) is 14.4. The summed E-state index contributed by atoms with van der Waals surface area (Å²) >= 11 is 0. The minimum atomic E-state index is -1.64. The molecule has 0 unspecified atom stereocenters. The van der Waals surface area contributed by atoms with Crippen LogP contribution in [0.5, 0.6) is 0 Å². The molecule has 54 heavy (non-hydrogen) atoms. The normalized spacial score (nSPS) is 51.9. The summed E-state index contributed by atoms with van der Waals surface area (Å²) < 4.78 is 24.2. The van der Waals surface area contributed by atoms with Crippen molar-refractivity contribution < 1.29 is 64.9 Å². The van der Waals surface area contributed by atoms with E-state index in [0.29, 0.717) is 25.7 Å². The molecule has 0 spiro atoms. The van der Waals surface area contributed by atoms with Gasteiger partial charge in [-0.05, 0) is 112 Å². The van der Waals surface area contributed by atoms with Crippen molar-refractivity contribution in [1.82, 2.24) is 0 Å². The van der Waals surface area contributed by atoms with Crippen LogP contribution >= 0.6 is 0 Å². The summed E-state index contributed by atoms with van der Waals surface area (Å²) in [5, 5.41) is 96.6. The van der Waals surface area contributed by atoms with Crippen LogP contribution in [-0.4, -0.2) is 139 Å². The smallest absolute Gasteiger partial charge is 0.187 e. The maximum Gasteiger partial charge on any atom is 0.187 e. The van der Waals surface area contributed by atoms with Gasteiger partial charge in [-0.1, -0.05) is 46.3 Å². The molecular formula is C41H70O13. The molecule has 2 aliphatic heterocycles. The first kappa shape index (κ1) is 42.8. The Hall–Kier alpha value is -0.780. The second kappa shape index (κ2) is 15.4. The average molecular weight is 771 g/mol. The van der Waals surface area contributed by atoms with Gasteiger partial charge >= 0.3 is 0 Å². The fourth-order valence-electron chi connectivity index (χ4n) is 13.0. The van der Waals surface area contributed by atoms with E-state index in [1.54, 1.807) is 0 Å². The standard InChI is InChI=1S/C41H70O13/c1-21(18-42)9-8-14-40(6,50)23-12-16-39(5)22(23)10-11-26-38(4)15-13-29(37(2,3)27(38)17-28(45)41(26,39)7)53-36-34(32(48)31(47)25(19-43)52-36)54-35-33(49)30(46)24(44)20-51-35/h9,22-36,42-50H,8,10-20H2,1-7H3/b21-9+/t22-,23+,24+,25-,26-,27+,28+,29+,30+,31-,32+,33-,34-,35+,36+,38-,39-,40+,41+/m1/s1. The maximum absolute atomic E-state index is 12.5. The largest absolute Gasteiger partial charge is 0.394 e. The van der Waals surface area contributed by atoms with Crippen molar-refractivity contribution in [3.05, 3.63) is 11.6 Å². The molecule has 4 saturated carbocycles. The minimum Gasteiger partial charge on any atom is -0.394 e. The van der Waals surface area contributed by atoms with Gasteiger partial charge in [0.25, 0.3) is 0 Å². The highest BCUT2D eigenvalue weighted by molar-refractivity contribution is 5.21. The first-order chi connectivity index (χ1) is 25.2. The Morgan fingerprint density at radius 2 is 1.54 bits per heavy atom. The molecule has 0 aromatic carbocycles. The van der Waals surface area contributed by atoms with Gasteiger partial charge in [-0.15, -0.1) is 0 Å². The minimum absolute atomic E-state index is 0.0210. The predicted molar refractivity (Wildman–Crippen MR) is 196 cm³/mol. The average Bonchev–Trinajstić information content (AvgIpc) is 3.49. The Morgan fingerprint density at radius 1 is 0.833 bits per heavy atom. The van der Waals surface area contributed by atoms with Crippen molar-refractivity contribution >= 4 is 0 Å². The molecule has 13 nitrogen and oxygen atoms in total. The molecule has 0 aromatic rings.